The minimum Gasteiger partial charge on any atom is -0.462 e. The molecule has 15 rings (SSSR count). The lowest BCUT2D eigenvalue weighted by Gasteiger charge is -2.37. The molecule has 12 aromatic rings. The fourth-order valence-corrected chi connectivity index (χ4v) is 15.8. The molecule has 118 heavy (non-hydrogen) atoms. The van der Waals surface area contributed by atoms with Gasteiger partial charge in [0.05, 0.1) is 83.1 Å². The van der Waals surface area contributed by atoms with Gasteiger partial charge in [-0.1, -0.05) is 161 Å². The van der Waals surface area contributed by atoms with E-state index in [0.29, 0.717) is 147 Å². The molecule has 6 heterocycles. The van der Waals surface area contributed by atoms with Crippen molar-refractivity contribution in [2.75, 3.05) is 113 Å². The van der Waals surface area contributed by atoms with Gasteiger partial charge in [0.15, 0.2) is 0 Å². The highest BCUT2D eigenvalue weighted by Crippen LogP contribution is 2.37. The zero-order chi connectivity index (χ0) is 83.4. The number of amides is 3. The Morgan fingerprint density at radius 1 is 0.339 bits per heavy atom. The number of hydrogen-bond acceptors (Lipinski definition) is 15. The summed E-state index contributed by atoms with van der Waals surface area (Å²) < 4.78 is 34.4. The van der Waals surface area contributed by atoms with Gasteiger partial charge in [-0.2, -0.15) is 0 Å². The fourth-order valence-electron chi connectivity index (χ4n) is 15.3. The minimum atomic E-state index is -0.660. The molecule has 0 radical (unpaired) electrons. The summed E-state index contributed by atoms with van der Waals surface area (Å²) in [5, 5.41) is 3.68. The van der Waals surface area contributed by atoms with Gasteiger partial charge in [0.1, 0.15) is 22.5 Å². The van der Waals surface area contributed by atoms with Gasteiger partial charge < -0.3 is 57.3 Å². The lowest BCUT2D eigenvalue weighted by atomic mass is 10.0. The van der Waals surface area contributed by atoms with Crippen LogP contribution in [0.15, 0.2) is 227 Å². The summed E-state index contributed by atoms with van der Waals surface area (Å²) in [7, 11) is 0. The Labute approximate surface area is 697 Å². The van der Waals surface area contributed by atoms with Crippen molar-refractivity contribution in [3.63, 3.8) is 0 Å². The van der Waals surface area contributed by atoms with Crippen molar-refractivity contribution in [2.45, 2.75) is 61.2 Å². The van der Waals surface area contributed by atoms with Gasteiger partial charge in [-0.05, 0) is 161 Å². The highest BCUT2D eigenvalue weighted by atomic mass is 35.5. The first-order valence-corrected chi connectivity index (χ1v) is 40.4. The number of ether oxygens (including phenoxy) is 3. The van der Waals surface area contributed by atoms with E-state index in [1.54, 1.807) is 91.6 Å². The van der Waals surface area contributed by atoms with E-state index < -0.39 is 34.8 Å². The molecule has 606 valence electrons. The number of piperazine rings is 3. The number of anilines is 3. The average molecular weight is 1650 g/mol. The van der Waals surface area contributed by atoms with Crippen LogP contribution < -0.4 is 31.4 Å². The Morgan fingerprint density at radius 3 is 0.924 bits per heavy atom. The van der Waals surface area contributed by atoms with E-state index in [9.17, 15) is 47.5 Å². The summed E-state index contributed by atoms with van der Waals surface area (Å²) in [6.45, 7) is 17.6. The Bertz CT molecular complexity index is 5710. The summed E-state index contributed by atoms with van der Waals surface area (Å²) in [5.74, 6) is -2.75. The second kappa shape index (κ2) is 37.7. The van der Waals surface area contributed by atoms with Crippen LogP contribution in [0.2, 0.25) is 15.1 Å². The number of nitrogens with zero attached hydrogens (tertiary/aromatic N) is 9. The van der Waals surface area contributed by atoms with E-state index >= 15 is 0 Å². The molecule has 3 aliphatic heterocycles. The first-order valence-electron chi connectivity index (χ1n) is 39.3. The van der Waals surface area contributed by atoms with E-state index in [4.69, 9.17) is 49.0 Å². The molecule has 0 atom stereocenters. The first kappa shape index (κ1) is 83.6. The molecule has 21 nitrogen and oxygen atoms in total. The van der Waals surface area contributed by atoms with Gasteiger partial charge in [-0.15, -0.1) is 0 Å². The van der Waals surface area contributed by atoms with E-state index in [1.807, 2.05) is 181 Å². The van der Waals surface area contributed by atoms with Crippen molar-refractivity contribution in [2.24, 2.45) is 0 Å². The van der Waals surface area contributed by atoms with Gasteiger partial charge in [-0.3, -0.25) is 28.8 Å². The number of aryl methyl sites for hydroxylation is 3. The standard InChI is InChI=1S/C31H29Cl2N3O4.C31H30ClN3O4.C31H30FN3O4/c1-3-40-31(39)27-28(34-13-15-35(16-14-34)29(37)22-10-11-24(32)25(33)18-22)23-17-20(2)9-12-26(23)36(30(27)38)19-21-7-5-4-6-8-21;2*1-3-39-31(38)27-28(33-15-17-34(18-16-33)29(36)23-10-12-24(32)13-11-23)25-19-21(2)9-14-26(25)35(30(27)37)20-22-7-5-4-6-8-22/h4-12,17-18H,3,13-16,19H2,1-2H3;2*4-14,19H,3,15-18,20H2,1-2H3. The second-order valence-electron chi connectivity index (χ2n) is 29.0. The molecule has 3 aliphatic rings. The molecule has 0 bridgehead atoms. The number of hydrogen-bond donors (Lipinski definition) is 0. The van der Waals surface area contributed by atoms with Crippen molar-refractivity contribution in [3.8, 4) is 0 Å². The fraction of sp³-hybridized carbons (Fsp3) is 0.258. The van der Waals surface area contributed by atoms with Crippen LogP contribution in [-0.4, -0.2) is 162 Å². The molecule has 0 N–H and O–H groups in total. The molecule has 0 aliphatic carbocycles. The summed E-state index contributed by atoms with van der Waals surface area (Å²) in [6.07, 6.45) is 0. The molecular formula is C93H89Cl3FN9O12. The summed E-state index contributed by atoms with van der Waals surface area (Å²) >= 11 is 18.1. The monoisotopic (exact) mass is 1650 g/mol. The largest absolute Gasteiger partial charge is 0.462 e. The molecule has 0 spiro atoms. The number of esters is 3. The SMILES string of the molecule is CCOC(=O)c1c(N2CCN(C(=O)c3ccc(Cl)c(Cl)c3)CC2)c2cc(C)ccc2n(Cc2ccccc2)c1=O.CCOC(=O)c1c(N2CCN(C(=O)c3ccc(Cl)cc3)CC2)c2cc(C)ccc2n(Cc2ccccc2)c1=O.CCOC(=O)c1c(N2CCN(C(=O)c3ccc(F)cc3)CC2)c2cc(C)ccc2n(Cc2ccccc2)c1=O. The third kappa shape index (κ3) is 18.5. The average Bonchev–Trinajstić information content (AvgIpc) is 0.751. The Kier molecular flexibility index (Phi) is 26.7. The molecule has 3 amide bonds. The normalized spacial score (nSPS) is 13.5. The van der Waals surface area contributed by atoms with Crippen molar-refractivity contribution >= 4 is 120 Å². The van der Waals surface area contributed by atoms with E-state index in [-0.39, 0.29) is 59.8 Å². The van der Waals surface area contributed by atoms with Crippen molar-refractivity contribution < 1.29 is 47.4 Å². The summed E-state index contributed by atoms with van der Waals surface area (Å²) in [6, 6.07) is 63.9. The van der Waals surface area contributed by atoms with Crippen LogP contribution in [0.1, 0.15) is 116 Å². The van der Waals surface area contributed by atoms with Crippen molar-refractivity contribution in [1.29, 1.82) is 0 Å². The molecule has 0 unspecified atom stereocenters. The Morgan fingerprint density at radius 2 is 0.627 bits per heavy atom. The van der Waals surface area contributed by atoms with Gasteiger partial charge in [0, 0.05) is 116 Å². The lowest BCUT2D eigenvalue weighted by molar-refractivity contribution is 0.0514. The number of aromatic nitrogens is 3. The van der Waals surface area contributed by atoms with Crippen LogP contribution in [0, 0.1) is 26.6 Å². The quantitative estimate of drug-likeness (QED) is 0.0577. The molecule has 3 saturated heterocycles. The molecule has 3 aromatic heterocycles. The highest BCUT2D eigenvalue weighted by Gasteiger charge is 2.35. The van der Waals surface area contributed by atoms with Gasteiger partial charge >= 0.3 is 17.9 Å². The Hall–Kier alpha value is -12.4. The minimum absolute atomic E-state index is 0.00388. The topological polar surface area (TPSA) is 216 Å². The van der Waals surface area contributed by atoms with E-state index in [2.05, 4.69) is 0 Å². The maximum Gasteiger partial charge on any atom is 0.345 e. The van der Waals surface area contributed by atoms with Crippen LogP contribution in [0.5, 0.6) is 0 Å². The predicted octanol–water partition coefficient (Wildman–Crippen LogP) is 15.6. The highest BCUT2D eigenvalue weighted by molar-refractivity contribution is 6.42. The molecule has 3 fully saturated rings. The zero-order valence-electron chi connectivity index (χ0n) is 66.4. The van der Waals surface area contributed by atoms with Crippen molar-refractivity contribution in [3.05, 3.63) is 331 Å². The zero-order valence-corrected chi connectivity index (χ0v) is 68.6. The van der Waals surface area contributed by atoms with E-state index in [1.165, 1.54) is 24.3 Å². The number of pyridine rings is 3. The second-order valence-corrected chi connectivity index (χ2v) is 30.3. The molecule has 25 heteroatoms. The third-order valence-electron chi connectivity index (χ3n) is 21.2. The number of rotatable bonds is 18. The smallest absolute Gasteiger partial charge is 0.345 e. The maximum absolute atomic E-state index is 14.0. The number of carbonyl (C=O) groups excluding carboxylic acids is 6. The number of fused-ring (bicyclic) bond motifs is 3. The predicted molar refractivity (Wildman–Crippen MR) is 462 cm³/mol. The van der Waals surface area contributed by atoms with Gasteiger partial charge in [-0.25, -0.2) is 18.8 Å². The van der Waals surface area contributed by atoms with Crippen molar-refractivity contribution in [1.82, 2.24) is 28.4 Å². The summed E-state index contributed by atoms with van der Waals surface area (Å²) in [5.41, 5.74) is 10.0. The van der Waals surface area contributed by atoms with Crippen LogP contribution >= 0.6 is 34.8 Å². The van der Waals surface area contributed by atoms with Gasteiger partial charge in [0.2, 0.25) is 0 Å². The van der Waals surface area contributed by atoms with Crippen LogP contribution in [0.4, 0.5) is 21.5 Å². The van der Waals surface area contributed by atoms with E-state index in [0.717, 1.165) is 66.1 Å². The number of carbonyl (C=O) groups is 6. The molecule has 0 saturated carbocycles. The number of halogens is 4. The Balaban J connectivity index is 0.000000153. The maximum atomic E-state index is 14.0. The molecule has 9 aromatic carbocycles. The first-order chi connectivity index (χ1) is 57.0. The third-order valence-corrected chi connectivity index (χ3v) is 22.2. The van der Waals surface area contributed by atoms with Crippen LogP contribution in [0.25, 0.3) is 32.7 Å². The summed E-state index contributed by atoms with van der Waals surface area (Å²) in [4.78, 5) is 132. The lowest BCUT2D eigenvalue weighted by Crippen LogP contribution is -2.49. The number of benzene rings is 9. The van der Waals surface area contributed by atoms with Crippen LogP contribution in [0.3, 0.4) is 0 Å². The van der Waals surface area contributed by atoms with Crippen LogP contribution in [-0.2, 0) is 33.8 Å². The molecular weight excluding hydrogens is 1560 g/mol. The van der Waals surface area contributed by atoms with Gasteiger partial charge in [0.25, 0.3) is 34.4 Å².